The van der Waals surface area contributed by atoms with Crippen LogP contribution in [0.4, 0.5) is 4.39 Å². The van der Waals surface area contributed by atoms with Crippen molar-refractivity contribution < 1.29 is 14.2 Å². The number of rotatable bonds is 4. The SMILES string of the molecule is C=CCOc1ccc(-c2ccc(O)c(F)c2)cc1. The second-order valence-electron chi connectivity index (χ2n) is 3.79. The zero-order valence-corrected chi connectivity index (χ0v) is 9.77. The summed E-state index contributed by atoms with van der Waals surface area (Å²) >= 11 is 0. The van der Waals surface area contributed by atoms with E-state index in [2.05, 4.69) is 6.58 Å². The summed E-state index contributed by atoms with van der Waals surface area (Å²) in [7, 11) is 0. The van der Waals surface area contributed by atoms with Crippen LogP contribution in [0.3, 0.4) is 0 Å². The minimum absolute atomic E-state index is 0.343. The average molecular weight is 244 g/mol. The largest absolute Gasteiger partial charge is 0.505 e. The van der Waals surface area contributed by atoms with Gasteiger partial charge in [0.15, 0.2) is 11.6 Å². The fraction of sp³-hybridized carbons (Fsp3) is 0.0667. The molecule has 0 aliphatic rings. The quantitative estimate of drug-likeness (QED) is 0.830. The normalized spacial score (nSPS) is 10.1. The van der Waals surface area contributed by atoms with Gasteiger partial charge in [0.05, 0.1) is 0 Å². The van der Waals surface area contributed by atoms with Crippen molar-refractivity contribution in [3.05, 3.63) is 60.9 Å². The van der Waals surface area contributed by atoms with Crippen LogP contribution in [0, 0.1) is 5.82 Å². The van der Waals surface area contributed by atoms with Crippen LogP contribution in [0.2, 0.25) is 0 Å². The molecule has 0 aromatic heterocycles. The number of ether oxygens (including phenoxy) is 1. The molecule has 0 aliphatic carbocycles. The molecule has 0 aliphatic heterocycles. The van der Waals surface area contributed by atoms with Crippen LogP contribution in [0.1, 0.15) is 0 Å². The van der Waals surface area contributed by atoms with Crippen LogP contribution in [0.5, 0.6) is 11.5 Å². The molecule has 0 fully saturated rings. The van der Waals surface area contributed by atoms with E-state index in [1.165, 1.54) is 12.1 Å². The number of hydrogen-bond donors (Lipinski definition) is 1. The Bertz CT molecular complexity index is 547. The minimum atomic E-state index is -0.625. The minimum Gasteiger partial charge on any atom is -0.505 e. The fourth-order valence-corrected chi connectivity index (χ4v) is 1.59. The highest BCUT2D eigenvalue weighted by Gasteiger charge is 2.03. The van der Waals surface area contributed by atoms with E-state index in [-0.39, 0.29) is 5.75 Å². The summed E-state index contributed by atoms with van der Waals surface area (Å²) in [6.45, 7) is 4.02. The number of halogens is 1. The molecule has 0 bridgehead atoms. The van der Waals surface area contributed by atoms with Gasteiger partial charge in [-0.3, -0.25) is 0 Å². The van der Waals surface area contributed by atoms with E-state index >= 15 is 0 Å². The molecule has 3 heteroatoms. The first kappa shape index (κ1) is 12.2. The molecule has 0 unspecified atom stereocenters. The molecule has 2 aromatic rings. The van der Waals surface area contributed by atoms with E-state index in [4.69, 9.17) is 9.84 Å². The summed E-state index contributed by atoms with van der Waals surface area (Å²) in [5.41, 5.74) is 1.57. The summed E-state index contributed by atoms with van der Waals surface area (Å²) in [5.74, 6) is -0.234. The van der Waals surface area contributed by atoms with Crippen LogP contribution in [0.15, 0.2) is 55.1 Å². The maximum atomic E-state index is 13.2. The third-order valence-corrected chi connectivity index (χ3v) is 2.50. The molecule has 92 valence electrons. The summed E-state index contributed by atoms with van der Waals surface area (Å²) < 4.78 is 18.6. The van der Waals surface area contributed by atoms with E-state index < -0.39 is 5.82 Å². The standard InChI is InChI=1S/C15H13FO2/c1-2-9-18-13-6-3-11(4-7-13)12-5-8-15(17)14(16)10-12/h2-8,10,17H,1,9H2. The molecule has 2 rings (SSSR count). The van der Waals surface area contributed by atoms with E-state index in [0.717, 1.165) is 11.3 Å². The van der Waals surface area contributed by atoms with Gasteiger partial charge in [0.1, 0.15) is 12.4 Å². The van der Waals surface area contributed by atoms with Gasteiger partial charge in [0.25, 0.3) is 0 Å². The topological polar surface area (TPSA) is 29.5 Å². The van der Waals surface area contributed by atoms with Gasteiger partial charge in [-0.05, 0) is 35.4 Å². The van der Waals surface area contributed by atoms with Gasteiger partial charge >= 0.3 is 0 Å². The van der Waals surface area contributed by atoms with E-state index in [0.29, 0.717) is 12.2 Å². The van der Waals surface area contributed by atoms with E-state index in [1.54, 1.807) is 12.1 Å². The molecule has 0 saturated heterocycles. The van der Waals surface area contributed by atoms with E-state index in [1.807, 2.05) is 24.3 Å². The van der Waals surface area contributed by atoms with Crippen LogP contribution >= 0.6 is 0 Å². The lowest BCUT2D eigenvalue weighted by atomic mass is 10.1. The van der Waals surface area contributed by atoms with Gasteiger partial charge in [-0.15, -0.1) is 0 Å². The maximum Gasteiger partial charge on any atom is 0.165 e. The van der Waals surface area contributed by atoms with Crippen molar-refractivity contribution in [2.45, 2.75) is 0 Å². The van der Waals surface area contributed by atoms with Crippen molar-refractivity contribution in [1.82, 2.24) is 0 Å². The number of phenolic OH excluding ortho intramolecular Hbond substituents is 1. The third-order valence-electron chi connectivity index (χ3n) is 2.50. The van der Waals surface area contributed by atoms with Crippen LogP contribution in [-0.2, 0) is 0 Å². The molecule has 2 aromatic carbocycles. The molecule has 18 heavy (non-hydrogen) atoms. The highest BCUT2D eigenvalue weighted by molar-refractivity contribution is 5.65. The van der Waals surface area contributed by atoms with Gasteiger partial charge in [-0.1, -0.05) is 30.9 Å². The molecule has 0 heterocycles. The Morgan fingerprint density at radius 3 is 2.39 bits per heavy atom. The Morgan fingerprint density at radius 2 is 1.78 bits per heavy atom. The second kappa shape index (κ2) is 5.36. The van der Waals surface area contributed by atoms with Crippen molar-refractivity contribution in [3.8, 4) is 22.6 Å². The van der Waals surface area contributed by atoms with Crippen LogP contribution < -0.4 is 4.74 Å². The van der Waals surface area contributed by atoms with Crippen molar-refractivity contribution in [1.29, 1.82) is 0 Å². The predicted octanol–water partition coefficient (Wildman–Crippen LogP) is 3.76. The summed E-state index contributed by atoms with van der Waals surface area (Å²) in [4.78, 5) is 0. The van der Waals surface area contributed by atoms with Gasteiger partial charge < -0.3 is 9.84 Å². The molecular formula is C15H13FO2. The van der Waals surface area contributed by atoms with Gasteiger partial charge in [0, 0.05) is 0 Å². The third kappa shape index (κ3) is 2.69. The zero-order valence-electron chi connectivity index (χ0n) is 9.77. The first-order chi connectivity index (χ1) is 8.70. The Labute approximate surface area is 105 Å². The first-order valence-electron chi connectivity index (χ1n) is 5.53. The Hall–Kier alpha value is -2.29. The predicted molar refractivity (Wildman–Crippen MR) is 69.2 cm³/mol. The molecule has 1 N–H and O–H groups in total. The molecule has 0 radical (unpaired) electrons. The lowest BCUT2D eigenvalue weighted by molar-refractivity contribution is 0.363. The number of phenols is 1. The smallest absolute Gasteiger partial charge is 0.165 e. The van der Waals surface area contributed by atoms with Crippen molar-refractivity contribution >= 4 is 0 Å². The van der Waals surface area contributed by atoms with Crippen molar-refractivity contribution in [2.24, 2.45) is 0 Å². The van der Waals surface area contributed by atoms with E-state index in [9.17, 15) is 4.39 Å². The van der Waals surface area contributed by atoms with Gasteiger partial charge in [0.2, 0.25) is 0 Å². The highest BCUT2D eigenvalue weighted by atomic mass is 19.1. The molecule has 2 nitrogen and oxygen atoms in total. The molecule has 0 amide bonds. The van der Waals surface area contributed by atoms with Crippen LogP contribution in [-0.4, -0.2) is 11.7 Å². The lowest BCUT2D eigenvalue weighted by Crippen LogP contribution is -1.92. The Morgan fingerprint density at radius 1 is 1.11 bits per heavy atom. The van der Waals surface area contributed by atoms with Crippen LogP contribution in [0.25, 0.3) is 11.1 Å². The fourth-order valence-electron chi connectivity index (χ4n) is 1.59. The average Bonchev–Trinajstić information content (AvgIpc) is 2.40. The number of aromatic hydroxyl groups is 1. The number of hydrogen-bond acceptors (Lipinski definition) is 2. The monoisotopic (exact) mass is 244 g/mol. The Kier molecular flexibility index (Phi) is 3.63. The Balaban J connectivity index is 2.22. The summed E-state index contributed by atoms with van der Waals surface area (Å²) in [6.07, 6.45) is 1.67. The first-order valence-corrected chi connectivity index (χ1v) is 5.53. The maximum absolute atomic E-state index is 13.2. The molecular weight excluding hydrogens is 231 g/mol. The summed E-state index contributed by atoms with van der Waals surface area (Å²) in [5, 5.41) is 9.13. The summed E-state index contributed by atoms with van der Waals surface area (Å²) in [6, 6.07) is 11.6. The van der Waals surface area contributed by atoms with Gasteiger partial charge in [-0.25, -0.2) is 4.39 Å². The second-order valence-corrected chi connectivity index (χ2v) is 3.79. The lowest BCUT2D eigenvalue weighted by Gasteiger charge is -2.06. The zero-order chi connectivity index (χ0) is 13.0. The van der Waals surface area contributed by atoms with Crippen molar-refractivity contribution in [3.63, 3.8) is 0 Å². The van der Waals surface area contributed by atoms with Crippen molar-refractivity contribution in [2.75, 3.05) is 6.61 Å². The molecule has 0 saturated carbocycles. The molecule has 0 atom stereocenters. The highest BCUT2D eigenvalue weighted by Crippen LogP contribution is 2.26. The number of benzene rings is 2. The molecule has 0 spiro atoms. The van der Waals surface area contributed by atoms with Gasteiger partial charge in [-0.2, -0.15) is 0 Å².